The van der Waals surface area contributed by atoms with Crippen molar-refractivity contribution < 1.29 is 9.63 Å². The monoisotopic (exact) mass is 376 g/mol. The molecule has 0 amide bonds. The molecule has 2 aromatic heterocycles. The molecule has 2 heterocycles. The average Bonchev–Trinajstić information content (AvgIpc) is 3.23. The zero-order valence-corrected chi connectivity index (χ0v) is 15.3. The number of hydrogen-bond donors (Lipinski definition) is 0. The Morgan fingerprint density at radius 3 is 2.67 bits per heavy atom. The average molecular weight is 377 g/mol. The van der Waals surface area contributed by atoms with Crippen LogP contribution in [0.25, 0.3) is 10.6 Å². The third-order valence-electron chi connectivity index (χ3n) is 3.20. The van der Waals surface area contributed by atoms with E-state index in [2.05, 4.69) is 10.1 Å². The molecule has 0 N–H and O–H groups in total. The summed E-state index contributed by atoms with van der Waals surface area (Å²) in [5, 5.41) is 7.33. The number of nitrogens with zero attached hydrogens (tertiary/aromatic N) is 2. The molecule has 7 heteroatoms. The number of oxime groups is 1. The van der Waals surface area contributed by atoms with Gasteiger partial charge in [-0.2, -0.15) is 0 Å². The second-order valence-electron chi connectivity index (χ2n) is 4.97. The van der Waals surface area contributed by atoms with Crippen molar-refractivity contribution in [1.82, 2.24) is 4.98 Å². The van der Waals surface area contributed by atoms with Crippen LogP contribution in [0.2, 0.25) is 5.02 Å². The number of halogens is 1. The first kappa shape index (κ1) is 16.8. The summed E-state index contributed by atoms with van der Waals surface area (Å²) >= 11 is 8.74. The van der Waals surface area contributed by atoms with Gasteiger partial charge in [-0.05, 0) is 37.4 Å². The molecule has 0 saturated heterocycles. The summed E-state index contributed by atoms with van der Waals surface area (Å²) in [4.78, 5) is 22.8. The molecule has 0 fully saturated rings. The molecule has 0 radical (unpaired) electrons. The topological polar surface area (TPSA) is 51.5 Å². The second kappa shape index (κ2) is 7.25. The molecule has 0 unspecified atom stereocenters. The summed E-state index contributed by atoms with van der Waals surface area (Å²) in [5.41, 5.74) is 2.45. The van der Waals surface area contributed by atoms with E-state index in [9.17, 15) is 4.79 Å². The lowest BCUT2D eigenvalue weighted by molar-refractivity contribution is 0.0522. The van der Waals surface area contributed by atoms with Crippen LogP contribution in [0.4, 0.5) is 0 Å². The number of carbonyl (C=O) groups is 1. The summed E-state index contributed by atoms with van der Waals surface area (Å²) in [5.74, 6) is -0.454. The van der Waals surface area contributed by atoms with E-state index in [0.717, 1.165) is 21.1 Å². The van der Waals surface area contributed by atoms with E-state index < -0.39 is 5.97 Å². The Morgan fingerprint density at radius 2 is 2.00 bits per heavy atom. The van der Waals surface area contributed by atoms with Crippen molar-refractivity contribution >= 4 is 46.0 Å². The maximum Gasteiger partial charge on any atom is 0.375 e. The van der Waals surface area contributed by atoms with E-state index in [1.807, 2.05) is 36.6 Å². The fraction of sp³-hybridized carbons (Fsp3) is 0.118. The standard InChI is InChI=1S/C17H13ClN2O2S2/c1-10-15(11(2)20-22-17(21)14-4-3-9-23-14)24-16(19-10)12-5-7-13(18)8-6-12/h3-9H,1-2H3/b20-11+. The molecular formula is C17H13ClN2O2S2. The highest BCUT2D eigenvalue weighted by molar-refractivity contribution is 7.17. The van der Waals surface area contributed by atoms with Gasteiger partial charge in [0.15, 0.2) is 0 Å². The lowest BCUT2D eigenvalue weighted by Crippen LogP contribution is -2.02. The quantitative estimate of drug-likeness (QED) is 0.347. The molecular weight excluding hydrogens is 364 g/mol. The van der Waals surface area contributed by atoms with Gasteiger partial charge in [0, 0.05) is 10.6 Å². The van der Waals surface area contributed by atoms with Crippen LogP contribution >= 0.6 is 34.3 Å². The van der Waals surface area contributed by atoms with Gasteiger partial charge in [0.2, 0.25) is 0 Å². The van der Waals surface area contributed by atoms with Gasteiger partial charge in [0.05, 0.1) is 16.3 Å². The molecule has 0 bridgehead atoms. The van der Waals surface area contributed by atoms with Gasteiger partial charge in [-0.15, -0.1) is 22.7 Å². The van der Waals surface area contributed by atoms with Crippen LogP contribution in [0.1, 0.15) is 27.2 Å². The van der Waals surface area contributed by atoms with Gasteiger partial charge >= 0.3 is 5.97 Å². The molecule has 0 aliphatic heterocycles. The van der Waals surface area contributed by atoms with Crippen molar-refractivity contribution in [3.63, 3.8) is 0 Å². The zero-order chi connectivity index (χ0) is 17.1. The van der Waals surface area contributed by atoms with Crippen LogP contribution in [0.15, 0.2) is 46.9 Å². The molecule has 0 saturated carbocycles. The highest BCUT2D eigenvalue weighted by Crippen LogP contribution is 2.29. The van der Waals surface area contributed by atoms with E-state index in [0.29, 0.717) is 15.6 Å². The van der Waals surface area contributed by atoms with Crippen LogP contribution in [-0.4, -0.2) is 16.7 Å². The molecule has 3 aromatic rings. The number of thiophene rings is 1. The Bertz CT molecular complexity index is 884. The van der Waals surface area contributed by atoms with Crippen molar-refractivity contribution in [2.75, 3.05) is 0 Å². The van der Waals surface area contributed by atoms with Crippen molar-refractivity contribution in [3.05, 3.63) is 62.2 Å². The van der Waals surface area contributed by atoms with Crippen LogP contribution in [0, 0.1) is 6.92 Å². The number of carbonyl (C=O) groups excluding carboxylic acids is 1. The van der Waals surface area contributed by atoms with Crippen LogP contribution < -0.4 is 0 Å². The lowest BCUT2D eigenvalue weighted by Gasteiger charge is -1.98. The summed E-state index contributed by atoms with van der Waals surface area (Å²) in [7, 11) is 0. The number of aromatic nitrogens is 1. The van der Waals surface area contributed by atoms with Gasteiger partial charge in [0.1, 0.15) is 9.88 Å². The SMILES string of the molecule is C/C(=N\OC(=O)c1cccs1)c1sc(-c2ccc(Cl)cc2)nc1C. The number of aryl methyl sites for hydroxylation is 1. The minimum atomic E-state index is -0.454. The predicted octanol–water partition coefficient (Wildman–Crippen LogP) is 5.41. The van der Waals surface area contributed by atoms with Gasteiger partial charge in [-0.1, -0.05) is 35.0 Å². The molecule has 0 aliphatic carbocycles. The first-order valence-electron chi connectivity index (χ1n) is 7.08. The minimum Gasteiger partial charge on any atom is -0.312 e. The maximum absolute atomic E-state index is 11.8. The second-order valence-corrected chi connectivity index (χ2v) is 7.36. The van der Waals surface area contributed by atoms with E-state index in [4.69, 9.17) is 16.4 Å². The normalized spacial score (nSPS) is 11.5. The van der Waals surface area contributed by atoms with E-state index in [-0.39, 0.29) is 0 Å². The van der Waals surface area contributed by atoms with Gasteiger partial charge in [0.25, 0.3) is 0 Å². The van der Waals surface area contributed by atoms with Crippen molar-refractivity contribution in [1.29, 1.82) is 0 Å². The smallest absolute Gasteiger partial charge is 0.312 e. The third-order valence-corrected chi connectivity index (χ3v) is 5.62. The Kier molecular flexibility index (Phi) is 5.08. The summed E-state index contributed by atoms with van der Waals surface area (Å²) in [6.07, 6.45) is 0. The largest absolute Gasteiger partial charge is 0.375 e. The van der Waals surface area contributed by atoms with Crippen molar-refractivity contribution in [3.8, 4) is 10.6 Å². The molecule has 0 atom stereocenters. The Labute approximate surface area is 152 Å². The van der Waals surface area contributed by atoms with Gasteiger partial charge < -0.3 is 4.84 Å². The van der Waals surface area contributed by atoms with Crippen molar-refractivity contribution in [2.24, 2.45) is 5.16 Å². The zero-order valence-electron chi connectivity index (χ0n) is 12.9. The Balaban J connectivity index is 1.80. The number of thiazole rings is 1. The molecule has 0 aliphatic rings. The third kappa shape index (κ3) is 3.72. The van der Waals surface area contributed by atoms with Crippen molar-refractivity contribution in [2.45, 2.75) is 13.8 Å². The minimum absolute atomic E-state index is 0.454. The molecule has 122 valence electrons. The van der Waals surface area contributed by atoms with E-state index >= 15 is 0 Å². The number of hydrogen-bond acceptors (Lipinski definition) is 6. The van der Waals surface area contributed by atoms with Crippen LogP contribution in [-0.2, 0) is 4.84 Å². The first-order chi connectivity index (χ1) is 11.5. The first-order valence-corrected chi connectivity index (χ1v) is 9.15. The summed E-state index contributed by atoms with van der Waals surface area (Å²) in [6.45, 7) is 3.71. The summed E-state index contributed by atoms with van der Waals surface area (Å²) in [6, 6.07) is 11.0. The molecule has 4 nitrogen and oxygen atoms in total. The Hall–Kier alpha value is -2.02. The highest BCUT2D eigenvalue weighted by Gasteiger charge is 2.14. The van der Waals surface area contributed by atoms with Gasteiger partial charge in [-0.25, -0.2) is 9.78 Å². The maximum atomic E-state index is 11.8. The molecule has 0 spiro atoms. The molecule has 24 heavy (non-hydrogen) atoms. The fourth-order valence-electron chi connectivity index (χ4n) is 2.04. The van der Waals surface area contributed by atoms with E-state index in [1.54, 1.807) is 19.1 Å². The summed E-state index contributed by atoms with van der Waals surface area (Å²) < 4.78 is 0. The molecule has 1 aromatic carbocycles. The van der Waals surface area contributed by atoms with E-state index in [1.165, 1.54) is 22.7 Å². The number of rotatable bonds is 4. The Morgan fingerprint density at radius 1 is 1.25 bits per heavy atom. The van der Waals surface area contributed by atoms with Crippen LogP contribution in [0.3, 0.4) is 0 Å². The lowest BCUT2D eigenvalue weighted by atomic mass is 10.2. The highest BCUT2D eigenvalue weighted by atomic mass is 35.5. The fourth-order valence-corrected chi connectivity index (χ4v) is 3.77. The van der Waals surface area contributed by atoms with Gasteiger partial charge in [-0.3, -0.25) is 0 Å². The van der Waals surface area contributed by atoms with Crippen LogP contribution in [0.5, 0.6) is 0 Å². The molecule has 3 rings (SSSR count). The predicted molar refractivity (Wildman–Crippen MR) is 99.2 cm³/mol. The number of benzene rings is 1.